The Hall–Kier alpha value is -1.54. The fourth-order valence-electron chi connectivity index (χ4n) is 2.45. The van der Waals surface area contributed by atoms with Gasteiger partial charge in [-0.05, 0) is 35.7 Å². The van der Waals surface area contributed by atoms with Crippen LogP contribution >= 0.6 is 11.6 Å². The van der Waals surface area contributed by atoms with Crippen LogP contribution in [-0.4, -0.2) is 5.38 Å². The van der Waals surface area contributed by atoms with E-state index in [1.807, 2.05) is 30.3 Å². The highest BCUT2D eigenvalue weighted by molar-refractivity contribution is 6.20. The molecule has 0 fully saturated rings. The van der Waals surface area contributed by atoms with Crippen LogP contribution in [0.3, 0.4) is 0 Å². The fraction of sp³-hybridized carbons (Fsp3) is 0.250. The first-order valence-electron chi connectivity index (χ1n) is 6.36. The molecule has 0 N–H and O–H groups in total. The van der Waals surface area contributed by atoms with E-state index in [2.05, 4.69) is 0 Å². The molecule has 2 aromatic rings. The predicted octanol–water partition coefficient (Wildman–Crippen LogP) is 4.50. The number of fused-ring (bicyclic) bond motifs is 1. The zero-order valence-corrected chi connectivity index (χ0v) is 11.1. The van der Waals surface area contributed by atoms with Crippen molar-refractivity contribution in [2.45, 2.75) is 24.3 Å². The van der Waals surface area contributed by atoms with Crippen molar-refractivity contribution in [3.63, 3.8) is 0 Å². The summed E-state index contributed by atoms with van der Waals surface area (Å²) >= 11 is 6.36. The molecule has 0 aromatic heterocycles. The van der Waals surface area contributed by atoms with Crippen molar-refractivity contribution >= 4 is 11.6 Å². The summed E-state index contributed by atoms with van der Waals surface area (Å²) in [5.41, 5.74) is 1.95. The van der Waals surface area contributed by atoms with Gasteiger partial charge in [0.1, 0.15) is 17.7 Å². The highest BCUT2D eigenvalue weighted by Crippen LogP contribution is 2.35. The molecule has 1 nitrogen and oxygen atoms in total. The lowest BCUT2D eigenvalue weighted by atomic mass is 10.0. The Morgan fingerprint density at radius 1 is 1.11 bits per heavy atom. The third-order valence-corrected chi connectivity index (χ3v) is 3.71. The Bertz CT molecular complexity index is 584. The summed E-state index contributed by atoms with van der Waals surface area (Å²) in [6.45, 7) is 0. The second-order valence-electron chi connectivity index (χ2n) is 4.81. The van der Waals surface area contributed by atoms with Crippen LogP contribution in [0.15, 0.2) is 48.5 Å². The molecule has 98 valence electrons. The van der Waals surface area contributed by atoms with Crippen LogP contribution in [0.5, 0.6) is 5.75 Å². The maximum Gasteiger partial charge on any atom is 0.125 e. The summed E-state index contributed by atoms with van der Waals surface area (Å²) in [5.74, 6) is 0.602. The normalized spacial score (nSPS) is 22.2. The molecule has 0 radical (unpaired) electrons. The molecule has 0 aliphatic carbocycles. The van der Waals surface area contributed by atoms with Gasteiger partial charge < -0.3 is 4.74 Å². The zero-order valence-electron chi connectivity index (χ0n) is 10.4. The molecule has 2 aromatic carbocycles. The van der Waals surface area contributed by atoms with E-state index < -0.39 is 0 Å². The Labute approximate surface area is 117 Å². The van der Waals surface area contributed by atoms with Crippen molar-refractivity contribution < 1.29 is 9.13 Å². The van der Waals surface area contributed by atoms with Crippen molar-refractivity contribution in [3.8, 4) is 5.75 Å². The predicted molar refractivity (Wildman–Crippen MR) is 74.2 cm³/mol. The minimum Gasteiger partial charge on any atom is -0.485 e. The zero-order chi connectivity index (χ0) is 13.2. The molecule has 0 saturated heterocycles. The fourth-order valence-corrected chi connectivity index (χ4v) is 2.78. The molecule has 0 bridgehead atoms. The lowest BCUT2D eigenvalue weighted by Crippen LogP contribution is -2.11. The number of hydrogen-bond donors (Lipinski definition) is 0. The summed E-state index contributed by atoms with van der Waals surface area (Å²) in [7, 11) is 0. The topological polar surface area (TPSA) is 9.23 Å². The monoisotopic (exact) mass is 276 g/mol. The van der Waals surface area contributed by atoms with E-state index in [1.54, 1.807) is 6.07 Å². The minimum absolute atomic E-state index is 0.00285. The maximum absolute atomic E-state index is 13.3. The third kappa shape index (κ3) is 2.74. The minimum atomic E-state index is -0.246. The van der Waals surface area contributed by atoms with Crippen LogP contribution in [0.4, 0.5) is 4.39 Å². The first-order valence-corrected chi connectivity index (χ1v) is 6.80. The molecule has 3 rings (SSSR count). The summed E-state index contributed by atoms with van der Waals surface area (Å²) in [6.07, 6.45) is 1.27. The van der Waals surface area contributed by atoms with Gasteiger partial charge >= 0.3 is 0 Å². The second kappa shape index (κ2) is 5.22. The smallest absolute Gasteiger partial charge is 0.125 e. The summed E-state index contributed by atoms with van der Waals surface area (Å²) in [4.78, 5) is 0. The van der Waals surface area contributed by atoms with E-state index in [9.17, 15) is 4.39 Å². The molecule has 1 aliphatic rings. The first-order chi connectivity index (χ1) is 9.22. The van der Waals surface area contributed by atoms with Gasteiger partial charge in [-0.3, -0.25) is 0 Å². The van der Waals surface area contributed by atoms with Gasteiger partial charge in [0.2, 0.25) is 0 Å². The van der Waals surface area contributed by atoms with Gasteiger partial charge in [0.05, 0.1) is 0 Å². The molecule has 2 atom stereocenters. The van der Waals surface area contributed by atoms with Crippen molar-refractivity contribution in [3.05, 3.63) is 65.5 Å². The van der Waals surface area contributed by atoms with Crippen LogP contribution in [0, 0.1) is 5.82 Å². The van der Waals surface area contributed by atoms with E-state index >= 15 is 0 Å². The molecule has 0 amide bonds. The van der Waals surface area contributed by atoms with E-state index in [1.165, 1.54) is 12.1 Å². The van der Waals surface area contributed by atoms with Crippen LogP contribution in [0.25, 0.3) is 0 Å². The largest absolute Gasteiger partial charge is 0.485 e. The van der Waals surface area contributed by atoms with Gasteiger partial charge in [-0.2, -0.15) is 0 Å². The average Bonchev–Trinajstić information content (AvgIpc) is 2.56. The van der Waals surface area contributed by atoms with Crippen LogP contribution in [0.1, 0.15) is 23.7 Å². The van der Waals surface area contributed by atoms with Gasteiger partial charge in [0.25, 0.3) is 0 Å². The van der Waals surface area contributed by atoms with Crippen LogP contribution in [-0.2, 0) is 6.42 Å². The Morgan fingerprint density at radius 3 is 2.79 bits per heavy atom. The molecule has 19 heavy (non-hydrogen) atoms. The SMILES string of the molecule is Fc1cccc([C@@H]2C[C@@H](Cl)Cc3ccccc3O2)c1. The lowest BCUT2D eigenvalue weighted by Gasteiger charge is -2.18. The molecular weight excluding hydrogens is 263 g/mol. The summed E-state index contributed by atoms with van der Waals surface area (Å²) < 4.78 is 19.3. The number of alkyl halides is 1. The second-order valence-corrected chi connectivity index (χ2v) is 5.42. The van der Waals surface area contributed by atoms with Crippen molar-refractivity contribution in [1.82, 2.24) is 0 Å². The number of halogens is 2. The van der Waals surface area contributed by atoms with E-state index in [-0.39, 0.29) is 17.3 Å². The van der Waals surface area contributed by atoms with Gasteiger partial charge in [0, 0.05) is 11.8 Å². The molecule has 3 heteroatoms. The molecule has 1 heterocycles. The Balaban J connectivity index is 1.95. The van der Waals surface area contributed by atoms with Gasteiger partial charge in [0.15, 0.2) is 0 Å². The van der Waals surface area contributed by atoms with E-state index in [0.29, 0.717) is 6.42 Å². The van der Waals surface area contributed by atoms with Gasteiger partial charge in [-0.1, -0.05) is 30.3 Å². The number of para-hydroxylation sites is 1. The maximum atomic E-state index is 13.3. The highest BCUT2D eigenvalue weighted by atomic mass is 35.5. The molecular formula is C16H14ClFO. The number of benzene rings is 2. The first kappa shape index (κ1) is 12.5. The molecule has 0 spiro atoms. The van der Waals surface area contributed by atoms with Gasteiger partial charge in [-0.15, -0.1) is 11.6 Å². The number of rotatable bonds is 1. The van der Waals surface area contributed by atoms with Crippen molar-refractivity contribution in [1.29, 1.82) is 0 Å². The van der Waals surface area contributed by atoms with Crippen molar-refractivity contribution in [2.24, 2.45) is 0 Å². The van der Waals surface area contributed by atoms with Gasteiger partial charge in [-0.25, -0.2) is 4.39 Å². The van der Waals surface area contributed by atoms with E-state index in [0.717, 1.165) is 23.3 Å². The lowest BCUT2D eigenvalue weighted by molar-refractivity contribution is 0.200. The quantitative estimate of drug-likeness (QED) is 0.697. The van der Waals surface area contributed by atoms with Crippen LogP contribution < -0.4 is 4.74 Å². The highest BCUT2D eigenvalue weighted by Gasteiger charge is 2.24. The molecule has 1 aliphatic heterocycles. The summed E-state index contributed by atoms with van der Waals surface area (Å²) in [5, 5.41) is -0.00285. The molecule has 0 saturated carbocycles. The summed E-state index contributed by atoms with van der Waals surface area (Å²) in [6, 6.07) is 14.4. The van der Waals surface area contributed by atoms with E-state index in [4.69, 9.17) is 16.3 Å². The number of hydrogen-bond acceptors (Lipinski definition) is 1. The Kier molecular flexibility index (Phi) is 3.43. The van der Waals surface area contributed by atoms with Crippen LogP contribution in [0.2, 0.25) is 0 Å². The third-order valence-electron chi connectivity index (χ3n) is 3.37. The standard InChI is InChI=1S/C16H14ClFO/c17-13-8-11-4-1-2-7-15(11)19-16(10-13)12-5-3-6-14(18)9-12/h1-7,9,13,16H,8,10H2/t13-,16-/m0/s1. The molecule has 0 unspecified atom stereocenters. The average molecular weight is 277 g/mol. The Morgan fingerprint density at radius 2 is 1.95 bits per heavy atom. The van der Waals surface area contributed by atoms with Crippen molar-refractivity contribution in [2.75, 3.05) is 0 Å². The number of ether oxygens (including phenoxy) is 1.